The topological polar surface area (TPSA) is 20.2 Å². The van der Waals surface area contributed by atoms with E-state index >= 15 is 0 Å². The van der Waals surface area contributed by atoms with Gasteiger partial charge in [-0.3, -0.25) is 0 Å². The van der Waals surface area contributed by atoms with Crippen molar-refractivity contribution in [2.75, 3.05) is 0 Å². The Kier molecular flexibility index (Phi) is 7.31. The maximum atomic E-state index is 10.0. The molecule has 1 N–H and O–H groups in total. The first kappa shape index (κ1) is 22.6. The number of hydrogen-bond acceptors (Lipinski definition) is 1. The van der Waals surface area contributed by atoms with Gasteiger partial charge in [0.25, 0.3) is 0 Å². The van der Waals surface area contributed by atoms with Crippen molar-refractivity contribution in [2.45, 2.75) is 92.1 Å². The summed E-state index contributed by atoms with van der Waals surface area (Å²) >= 11 is 0. The molecule has 29 heavy (non-hydrogen) atoms. The van der Waals surface area contributed by atoms with Crippen molar-refractivity contribution >= 4 is 0 Å². The van der Waals surface area contributed by atoms with Crippen molar-refractivity contribution < 1.29 is 5.11 Å². The minimum atomic E-state index is -0.182. The van der Waals surface area contributed by atoms with Gasteiger partial charge in [-0.15, -0.1) is 0 Å². The summed E-state index contributed by atoms with van der Waals surface area (Å²) in [6.45, 7) is 16.3. The second-order valence-electron chi connectivity index (χ2n) is 10.9. The molecule has 0 aliphatic heterocycles. The predicted octanol–water partition coefficient (Wildman–Crippen LogP) is 7.64. The van der Waals surface area contributed by atoms with Gasteiger partial charge in [0.2, 0.25) is 0 Å². The highest BCUT2D eigenvalue weighted by Crippen LogP contribution is 2.59. The fourth-order valence-corrected chi connectivity index (χ4v) is 6.25. The summed E-state index contributed by atoms with van der Waals surface area (Å²) in [5.74, 6) is 3.58. The normalized spacial score (nSPS) is 38.2. The van der Waals surface area contributed by atoms with E-state index in [1.54, 1.807) is 5.57 Å². The first-order chi connectivity index (χ1) is 13.7. The summed E-state index contributed by atoms with van der Waals surface area (Å²) in [5, 5.41) is 10.0. The molecule has 3 aliphatic carbocycles. The Hall–Kier alpha value is -1.08. The third kappa shape index (κ3) is 4.98. The maximum absolute atomic E-state index is 10.0. The van der Waals surface area contributed by atoms with E-state index < -0.39 is 0 Å². The molecule has 0 amide bonds. The first-order valence-electron chi connectivity index (χ1n) is 12.2. The zero-order valence-electron chi connectivity index (χ0n) is 19.6. The number of aliphatic hydroxyl groups is 1. The smallest absolute Gasteiger partial charge is 0.0583 e. The van der Waals surface area contributed by atoms with E-state index in [1.165, 1.54) is 43.3 Å². The molecule has 3 saturated carbocycles. The Morgan fingerprint density at radius 1 is 1.03 bits per heavy atom. The molecule has 0 aromatic carbocycles. The van der Waals surface area contributed by atoms with Crippen molar-refractivity contribution in [2.24, 2.45) is 35.0 Å². The molecule has 1 heteroatoms. The minimum Gasteiger partial charge on any atom is -0.393 e. The first-order valence-corrected chi connectivity index (χ1v) is 12.2. The molecule has 6 atom stereocenters. The molecular formula is C28H44O. The highest BCUT2D eigenvalue weighted by atomic mass is 16.3. The van der Waals surface area contributed by atoms with Crippen molar-refractivity contribution in [3.8, 4) is 0 Å². The van der Waals surface area contributed by atoms with Crippen LogP contribution in [0, 0.1) is 35.0 Å². The highest BCUT2D eigenvalue weighted by Gasteiger charge is 2.50. The largest absolute Gasteiger partial charge is 0.393 e. The molecule has 0 radical (unpaired) electrons. The molecule has 0 spiro atoms. The van der Waals surface area contributed by atoms with Gasteiger partial charge in [0.05, 0.1) is 6.10 Å². The van der Waals surface area contributed by atoms with Crippen LogP contribution >= 0.6 is 0 Å². The summed E-state index contributed by atoms with van der Waals surface area (Å²) in [5.41, 5.74) is 4.61. The van der Waals surface area contributed by atoms with Gasteiger partial charge in [-0.1, -0.05) is 76.6 Å². The van der Waals surface area contributed by atoms with Gasteiger partial charge in [0, 0.05) is 0 Å². The quantitative estimate of drug-likeness (QED) is 0.473. The van der Waals surface area contributed by atoms with E-state index in [0.29, 0.717) is 17.3 Å². The lowest BCUT2D eigenvalue weighted by molar-refractivity contribution is 0.112. The van der Waals surface area contributed by atoms with Crippen LogP contribution in [0.3, 0.4) is 0 Å². The van der Waals surface area contributed by atoms with Crippen LogP contribution < -0.4 is 0 Å². The Labute approximate surface area is 180 Å². The van der Waals surface area contributed by atoms with Gasteiger partial charge in [0.15, 0.2) is 0 Å². The molecule has 3 fully saturated rings. The van der Waals surface area contributed by atoms with Crippen molar-refractivity contribution in [3.63, 3.8) is 0 Å². The lowest BCUT2D eigenvalue weighted by atomic mass is 9.61. The summed E-state index contributed by atoms with van der Waals surface area (Å²) in [6.07, 6.45) is 18.8. The van der Waals surface area contributed by atoms with Crippen LogP contribution in [-0.2, 0) is 0 Å². The summed E-state index contributed by atoms with van der Waals surface area (Å²) in [7, 11) is 0. The lowest BCUT2D eigenvalue weighted by Crippen LogP contribution is -2.35. The van der Waals surface area contributed by atoms with Gasteiger partial charge < -0.3 is 5.11 Å². The Morgan fingerprint density at radius 2 is 1.79 bits per heavy atom. The fraction of sp³-hybridized carbons (Fsp3) is 0.714. The average Bonchev–Trinajstić information content (AvgIpc) is 3.04. The zero-order valence-corrected chi connectivity index (χ0v) is 19.6. The standard InChI is InChI=1S/C28H44O/c1-19(2)20(3)9-10-22(5)26-15-16-27-23(8-7-17-28(26,27)6)12-13-24-18-25(29)14-11-21(24)4/h9-10,12-13,19-20,22,25-27,29H,4,7-8,11,14-18H2,1-3,5-6H3/b10-9+,23-12+,24-13-/t20-,22+,25-,26+,27+,28-/m0/s1. The molecule has 0 bridgehead atoms. The summed E-state index contributed by atoms with van der Waals surface area (Å²) in [4.78, 5) is 0. The number of rotatable bonds is 5. The molecule has 3 rings (SSSR count). The maximum Gasteiger partial charge on any atom is 0.0583 e. The molecule has 0 saturated heterocycles. The van der Waals surface area contributed by atoms with Gasteiger partial charge in [-0.05, 0) is 91.9 Å². The molecule has 3 aliphatic rings. The Balaban J connectivity index is 1.75. The average molecular weight is 397 g/mol. The van der Waals surface area contributed by atoms with Gasteiger partial charge in [-0.2, -0.15) is 0 Å². The van der Waals surface area contributed by atoms with Crippen LogP contribution in [0.4, 0.5) is 0 Å². The van der Waals surface area contributed by atoms with E-state index in [9.17, 15) is 5.11 Å². The Morgan fingerprint density at radius 3 is 2.52 bits per heavy atom. The van der Waals surface area contributed by atoms with Crippen LogP contribution in [0.25, 0.3) is 0 Å². The third-order valence-corrected chi connectivity index (χ3v) is 8.63. The van der Waals surface area contributed by atoms with Crippen LogP contribution in [0.5, 0.6) is 0 Å². The molecule has 162 valence electrons. The minimum absolute atomic E-state index is 0.182. The number of aliphatic hydroxyl groups excluding tert-OH is 1. The van der Waals surface area contributed by atoms with E-state index in [2.05, 4.69) is 65.5 Å². The van der Waals surface area contributed by atoms with E-state index in [-0.39, 0.29) is 6.10 Å². The van der Waals surface area contributed by atoms with Crippen molar-refractivity contribution in [3.05, 3.63) is 47.6 Å². The van der Waals surface area contributed by atoms with Crippen molar-refractivity contribution in [1.29, 1.82) is 0 Å². The fourth-order valence-electron chi connectivity index (χ4n) is 6.25. The molecule has 0 unspecified atom stereocenters. The van der Waals surface area contributed by atoms with Crippen LogP contribution in [0.1, 0.15) is 86.0 Å². The predicted molar refractivity (Wildman–Crippen MR) is 126 cm³/mol. The number of hydrogen-bond donors (Lipinski definition) is 1. The lowest BCUT2D eigenvalue weighted by Gasteiger charge is -2.44. The highest BCUT2D eigenvalue weighted by molar-refractivity contribution is 5.36. The van der Waals surface area contributed by atoms with E-state index in [0.717, 1.165) is 37.0 Å². The van der Waals surface area contributed by atoms with Gasteiger partial charge in [-0.25, -0.2) is 0 Å². The van der Waals surface area contributed by atoms with Crippen LogP contribution in [-0.4, -0.2) is 11.2 Å². The molecule has 0 aromatic heterocycles. The van der Waals surface area contributed by atoms with E-state index in [1.807, 2.05) is 0 Å². The van der Waals surface area contributed by atoms with Gasteiger partial charge in [0.1, 0.15) is 0 Å². The molecule has 0 heterocycles. The summed E-state index contributed by atoms with van der Waals surface area (Å²) < 4.78 is 0. The Bertz CT molecular complexity index is 678. The van der Waals surface area contributed by atoms with E-state index in [4.69, 9.17) is 0 Å². The SMILES string of the molecule is C=C1CC[C@H](O)C/C1=C/C=C1\CCC[C@]2(C)[C@@H]1CC[C@@H]2[C@H](C)/C=C/[C@H](C)C(C)C. The molecule has 1 nitrogen and oxygen atoms in total. The van der Waals surface area contributed by atoms with Gasteiger partial charge >= 0.3 is 0 Å². The molecule has 0 aromatic rings. The second kappa shape index (κ2) is 9.38. The summed E-state index contributed by atoms with van der Waals surface area (Å²) in [6, 6.07) is 0. The van der Waals surface area contributed by atoms with Crippen LogP contribution in [0.15, 0.2) is 47.6 Å². The number of allylic oxidation sites excluding steroid dienone is 6. The monoisotopic (exact) mass is 396 g/mol. The van der Waals surface area contributed by atoms with Crippen molar-refractivity contribution in [1.82, 2.24) is 0 Å². The second-order valence-corrected chi connectivity index (χ2v) is 10.9. The zero-order chi connectivity index (χ0) is 21.2. The third-order valence-electron chi connectivity index (χ3n) is 8.63. The number of fused-ring (bicyclic) bond motifs is 1. The molecular weight excluding hydrogens is 352 g/mol. The van der Waals surface area contributed by atoms with Crippen LogP contribution in [0.2, 0.25) is 0 Å².